The molecular weight excluding hydrogens is 339 g/mol. The van der Waals surface area contributed by atoms with E-state index in [-0.39, 0.29) is 18.3 Å². The van der Waals surface area contributed by atoms with Crippen molar-refractivity contribution in [2.75, 3.05) is 12.8 Å². The number of amides is 1. The van der Waals surface area contributed by atoms with Gasteiger partial charge in [0.2, 0.25) is 0 Å². The van der Waals surface area contributed by atoms with Crippen LogP contribution in [0.2, 0.25) is 0 Å². The third-order valence-electron chi connectivity index (χ3n) is 2.94. The molecule has 3 N–H and O–H groups in total. The van der Waals surface area contributed by atoms with Crippen LogP contribution in [0.15, 0.2) is 40.9 Å². The fraction of sp³-hybridized carbons (Fsp3) is 0.133. The normalized spacial score (nSPS) is 10.2. The van der Waals surface area contributed by atoms with E-state index in [0.29, 0.717) is 22.6 Å². The molecule has 0 spiro atoms. The number of ether oxygens (including phenoxy) is 1. The molecule has 1 amide bonds. The molecule has 21 heavy (non-hydrogen) atoms. The summed E-state index contributed by atoms with van der Waals surface area (Å²) in [4.78, 5) is 12.0. The third-order valence-corrected chi connectivity index (χ3v) is 3.43. The summed E-state index contributed by atoms with van der Waals surface area (Å²) in [6.07, 6.45) is 0. The first kappa shape index (κ1) is 15.3. The highest BCUT2D eigenvalue weighted by Crippen LogP contribution is 2.22. The Morgan fingerprint density at radius 1 is 1.33 bits per heavy atom. The smallest absolute Gasteiger partial charge is 0.251 e. The van der Waals surface area contributed by atoms with Crippen molar-refractivity contribution in [3.63, 3.8) is 0 Å². The second-order valence-electron chi connectivity index (χ2n) is 4.38. The number of anilines is 1. The van der Waals surface area contributed by atoms with E-state index in [1.165, 1.54) is 19.2 Å². The fourth-order valence-corrected chi connectivity index (χ4v) is 2.24. The molecule has 0 aliphatic rings. The predicted octanol–water partition coefficient (Wildman–Crippen LogP) is 3.11. The van der Waals surface area contributed by atoms with Gasteiger partial charge in [-0.2, -0.15) is 0 Å². The minimum atomic E-state index is -0.368. The molecule has 0 radical (unpaired) electrons. The van der Waals surface area contributed by atoms with Crippen molar-refractivity contribution in [1.82, 2.24) is 5.32 Å². The molecule has 0 heterocycles. The summed E-state index contributed by atoms with van der Waals surface area (Å²) >= 11 is 3.26. The molecule has 0 fully saturated rings. The van der Waals surface area contributed by atoms with E-state index < -0.39 is 0 Å². The summed E-state index contributed by atoms with van der Waals surface area (Å²) in [5.74, 6) is -0.193. The number of carbonyl (C=O) groups excluding carboxylic acids is 1. The van der Waals surface area contributed by atoms with E-state index in [0.717, 1.165) is 4.47 Å². The van der Waals surface area contributed by atoms with Gasteiger partial charge >= 0.3 is 0 Å². The summed E-state index contributed by atoms with van der Waals surface area (Å²) < 4.78 is 19.4. The Balaban J connectivity index is 2.08. The second kappa shape index (κ2) is 6.58. The van der Waals surface area contributed by atoms with Crippen molar-refractivity contribution >= 4 is 27.5 Å². The largest absolute Gasteiger partial charge is 0.495 e. The summed E-state index contributed by atoms with van der Waals surface area (Å²) in [6, 6.07) is 9.30. The molecule has 2 aromatic carbocycles. The Hall–Kier alpha value is -2.08. The predicted molar refractivity (Wildman–Crippen MR) is 82.7 cm³/mol. The van der Waals surface area contributed by atoms with Gasteiger partial charge in [0.1, 0.15) is 11.6 Å². The van der Waals surface area contributed by atoms with E-state index in [4.69, 9.17) is 10.5 Å². The monoisotopic (exact) mass is 352 g/mol. The van der Waals surface area contributed by atoms with Crippen LogP contribution in [0.3, 0.4) is 0 Å². The standard InChI is InChI=1S/C15H14BrFN2O2/c1-21-14-5-2-9(7-13(14)18)15(20)19-8-10-6-11(16)3-4-12(10)17/h2-7H,8,18H2,1H3,(H,19,20). The maximum atomic E-state index is 13.6. The van der Waals surface area contributed by atoms with Gasteiger partial charge < -0.3 is 15.8 Å². The molecule has 0 bridgehead atoms. The lowest BCUT2D eigenvalue weighted by Crippen LogP contribution is -2.23. The number of hydrogen-bond donors (Lipinski definition) is 2. The molecule has 0 atom stereocenters. The fourth-order valence-electron chi connectivity index (χ4n) is 1.83. The molecule has 110 valence electrons. The van der Waals surface area contributed by atoms with Crippen LogP contribution >= 0.6 is 15.9 Å². The molecule has 0 saturated heterocycles. The zero-order chi connectivity index (χ0) is 15.4. The van der Waals surface area contributed by atoms with Gasteiger partial charge in [0, 0.05) is 22.1 Å². The van der Waals surface area contributed by atoms with Crippen LogP contribution < -0.4 is 15.8 Å². The van der Waals surface area contributed by atoms with Crippen LogP contribution in [-0.4, -0.2) is 13.0 Å². The Kier molecular flexibility index (Phi) is 4.80. The van der Waals surface area contributed by atoms with Crippen molar-refractivity contribution in [1.29, 1.82) is 0 Å². The van der Waals surface area contributed by atoms with Crippen LogP contribution in [0.5, 0.6) is 5.75 Å². The molecule has 0 aromatic heterocycles. The first-order valence-electron chi connectivity index (χ1n) is 6.17. The number of rotatable bonds is 4. The van der Waals surface area contributed by atoms with Gasteiger partial charge in [-0.1, -0.05) is 15.9 Å². The van der Waals surface area contributed by atoms with Crippen molar-refractivity contribution < 1.29 is 13.9 Å². The van der Waals surface area contributed by atoms with E-state index in [1.807, 2.05) is 0 Å². The maximum Gasteiger partial charge on any atom is 0.251 e. The van der Waals surface area contributed by atoms with Crippen LogP contribution in [0.4, 0.5) is 10.1 Å². The van der Waals surface area contributed by atoms with Gasteiger partial charge in [-0.3, -0.25) is 4.79 Å². The van der Waals surface area contributed by atoms with Crippen LogP contribution in [0, 0.1) is 5.82 Å². The lowest BCUT2D eigenvalue weighted by Gasteiger charge is -2.09. The van der Waals surface area contributed by atoms with Crippen LogP contribution in [-0.2, 0) is 6.54 Å². The Labute approximate surface area is 130 Å². The zero-order valence-electron chi connectivity index (χ0n) is 11.3. The molecule has 0 aliphatic heterocycles. The number of nitrogens with two attached hydrogens (primary N) is 1. The summed E-state index contributed by atoms with van der Waals surface area (Å²) in [5, 5.41) is 2.65. The summed E-state index contributed by atoms with van der Waals surface area (Å²) in [6.45, 7) is 0.0933. The number of benzene rings is 2. The van der Waals surface area contributed by atoms with E-state index in [1.54, 1.807) is 24.3 Å². The van der Waals surface area contributed by atoms with Gasteiger partial charge in [0.25, 0.3) is 5.91 Å². The van der Waals surface area contributed by atoms with Gasteiger partial charge in [0.15, 0.2) is 0 Å². The topological polar surface area (TPSA) is 64.3 Å². The van der Waals surface area contributed by atoms with Gasteiger partial charge in [-0.25, -0.2) is 4.39 Å². The second-order valence-corrected chi connectivity index (χ2v) is 5.29. The average molecular weight is 353 g/mol. The number of nitrogen functional groups attached to an aromatic ring is 1. The number of halogens is 2. The number of nitrogens with one attached hydrogen (secondary N) is 1. The number of hydrogen-bond acceptors (Lipinski definition) is 3. The van der Waals surface area contributed by atoms with Crippen molar-refractivity contribution in [2.24, 2.45) is 0 Å². The highest BCUT2D eigenvalue weighted by atomic mass is 79.9. The first-order chi connectivity index (χ1) is 10.0. The highest BCUT2D eigenvalue weighted by molar-refractivity contribution is 9.10. The molecule has 0 unspecified atom stereocenters. The summed E-state index contributed by atoms with van der Waals surface area (Å²) in [5.41, 5.74) is 6.92. The molecule has 0 saturated carbocycles. The molecule has 2 aromatic rings. The van der Waals surface area contributed by atoms with Crippen LogP contribution in [0.25, 0.3) is 0 Å². The Bertz CT molecular complexity index is 677. The van der Waals surface area contributed by atoms with E-state index in [9.17, 15) is 9.18 Å². The molecule has 2 rings (SSSR count). The van der Waals surface area contributed by atoms with Gasteiger partial charge in [-0.05, 0) is 36.4 Å². The molecule has 6 heteroatoms. The third kappa shape index (κ3) is 3.72. The van der Waals surface area contributed by atoms with E-state index >= 15 is 0 Å². The van der Waals surface area contributed by atoms with Crippen molar-refractivity contribution in [3.8, 4) is 5.75 Å². The van der Waals surface area contributed by atoms with Crippen LogP contribution in [0.1, 0.15) is 15.9 Å². The lowest BCUT2D eigenvalue weighted by atomic mass is 10.1. The number of carbonyl (C=O) groups is 1. The zero-order valence-corrected chi connectivity index (χ0v) is 12.9. The maximum absolute atomic E-state index is 13.6. The lowest BCUT2D eigenvalue weighted by molar-refractivity contribution is 0.0950. The number of methoxy groups -OCH3 is 1. The van der Waals surface area contributed by atoms with Crippen molar-refractivity contribution in [2.45, 2.75) is 6.54 Å². The Morgan fingerprint density at radius 3 is 2.76 bits per heavy atom. The molecule has 4 nitrogen and oxygen atoms in total. The minimum Gasteiger partial charge on any atom is -0.495 e. The quantitative estimate of drug-likeness (QED) is 0.831. The summed E-state index contributed by atoms with van der Waals surface area (Å²) in [7, 11) is 1.50. The first-order valence-corrected chi connectivity index (χ1v) is 6.96. The SMILES string of the molecule is COc1ccc(C(=O)NCc2cc(Br)ccc2F)cc1N. The van der Waals surface area contributed by atoms with Gasteiger partial charge in [0.05, 0.1) is 12.8 Å². The average Bonchev–Trinajstić information content (AvgIpc) is 2.47. The van der Waals surface area contributed by atoms with E-state index in [2.05, 4.69) is 21.2 Å². The van der Waals surface area contributed by atoms with Gasteiger partial charge in [-0.15, -0.1) is 0 Å². The Morgan fingerprint density at radius 2 is 2.10 bits per heavy atom. The van der Waals surface area contributed by atoms with Crippen molar-refractivity contribution in [3.05, 3.63) is 57.8 Å². The highest BCUT2D eigenvalue weighted by Gasteiger charge is 2.10. The molecule has 0 aliphatic carbocycles. The minimum absolute atomic E-state index is 0.0933. The molecular formula is C15H14BrFN2O2.